The molecule has 0 aliphatic carbocycles. The maximum Gasteiger partial charge on any atom is 0.0927 e. The molecular formula is C18H15Cl2N3. The first kappa shape index (κ1) is 15.7. The van der Waals surface area contributed by atoms with Crippen LogP contribution in [0.15, 0.2) is 54.6 Å². The third-order valence-electron chi connectivity index (χ3n) is 3.44. The van der Waals surface area contributed by atoms with Gasteiger partial charge in [-0.2, -0.15) is 5.10 Å². The molecule has 0 aliphatic heterocycles. The van der Waals surface area contributed by atoms with Crippen LogP contribution in [0.1, 0.15) is 11.3 Å². The Morgan fingerprint density at radius 3 is 2.52 bits per heavy atom. The van der Waals surface area contributed by atoms with Crippen molar-refractivity contribution in [2.75, 3.05) is 5.73 Å². The Bertz CT molecular complexity index is 836. The van der Waals surface area contributed by atoms with Crippen LogP contribution in [-0.4, -0.2) is 10.2 Å². The number of rotatable bonds is 4. The summed E-state index contributed by atoms with van der Waals surface area (Å²) >= 11 is 12.0. The third kappa shape index (κ3) is 3.95. The normalized spacial score (nSPS) is 11.2. The molecule has 3 aromatic rings. The van der Waals surface area contributed by atoms with Crippen LogP contribution >= 0.6 is 23.2 Å². The van der Waals surface area contributed by atoms with Crippen LogP contribution in [-0.2, 0) is 6.42 Å². The fourth-order valence-corrected chi connectivity index (χ4v) is 2.50. The average Bonchev–Trinajstić information content (AvgIpc) is 3.01. The maximum absolute atomic E-state index is 6.04. The van der Waals surface area contributed by atoms with Gasteiger partial charge in [-0.1, -0.05) is 47.5 Å². The van der Waals surface area contributed by atoms with E-state index in [1.54, 1.807) is 6.07 Å². The van der Waals surface area contributed by atoms with Crippen LogP contribution in [0.4, 0.5) is 5.69 Å². The van der Waals surface area contributed by atoms with E-state index in [4.69, 9.17) is 28.9 Å². The van der Waals surface area contributed by atoms with Crippen molar-refractivity contribution < 1.29 is 0 Å². The molecule has 23 heavy (non-hydrogen) atoms. The Kier molecular flexibility index (Phi) is 4.70. The van der Waals surface area contributed by atoms with Gasteiger partial charge in [0.15, 0.2) is 0 Å². The van der Waals surface area contributed by atoms with Crippen molar-refractivity contribution >= 4 is 35.0 Å². The van der Waals surface area contributed by atoms with E-state index in [1.807, 2.05) is 48.5 Å². The van der Waals surface area contributed by atoms with Crippen molar-refractivity contribution in [1.82, 2.24) is 10.2 Å². The molecule has 3 N–H and O–H groups in total. The first-order chi connectivity index (χ1) is 11.1. The molecule has 3 nitrogen and oxygen atoms in total. The van der Waals surface area contributed by atoms with Crippen molar-refractivity contribution in [1.29, 1.82) is 0 Å². The SMILES string of the molecule is Nc1ccc(C/C=C/c2cc(-c3ccc(Cl)c(Cl)c3)n[nH]2)cc1. The highest BCUT2D eigenvalue weighted by atomic mass is 35.5. The van der Waals surface area contributed by atoms with Crippen molar-refractivity contribution in [3.05, 3.63) is 75.9 Å². The summed E-state index contributed by atoms with van der Waals surface area (Å²) in [4.78, 5) is 0. The molecular weight excluding hydrogens is 329 g/mol. The van der Waals surface area contributed by atoms with Gasteiger partial charge in [-0.05, 0) is 48.4 Å². The van der Waals surface area contributed by atoms with E-state index >= 15 is 0 Å². The lowest BCUT2D eigenvalue weighted by Crippen LogP contribution is -1.85. The molecule has 0 atom stereocenters. The second-order valence-corrected chi connectivity index (χ2v) is 6.00. The highest BCUT2D eigenvalue weighted by molar-refractivity contribution is 6.42. The van der Waals surface area contributed by atoms with Crippen molar-refractivity contribution in [3.8, 4) is 11.3 Å². The smallest absolute Gasteiger partial charge is 0.0927 e. The van der Waals surface area contributed by atoms with E-state index < -0.39 is 0 Å². The molecule has 2 aromatic carbocycles. The Hall–Kier alpha value is -2.23. The largest absolute Gasteiger partial charge is 0.399 e. The molecule has 0 radical (unpaired) electrons. The van der Waals surface area contributed by atoms with Gasteiger partial charge in [0.25, 0.3) is 0 Å². The lowest BCUT2D eigenvalue weighted by molar-refractivity contribution is 1.08. The fourth-order valence-electron chi connectivity index (χ4n) is 2.20. The predicted molar refractivity (Wildman–Crippen MR) is 97.6 cm³/mol. The van der Waals surface area contributed by atoms with Crippen LogP contribution in [0.3, 0.4) is 0 Å². The summed E-state index contributed by atoms with van der Waals surface area (Å²) in [5.41, 5.74) is 10.3. The summed E-state index contributed by atoms with van der Waals surface area (Å²) < 4.78 is 0. The molecule has 0 unspecified atom stereocenters. The number of nitrogens with two attached hydrogens (primary N) is 1. The second kappa shape index (κ2) is 6.90. The summed E-state index contributed by atoms with van der Waals surface area (Å²) in [6.07, 6.45) is 4.92. The summed E-state index contributed by atoms with van der Waals surface area (Å²) in [5, 5.41) is 8.36. The molecule has 0 aliphatic rings. The number of hydrogen-bond acceptors (Lipinski definition) is 2. The standard InChI is InChI=1S/C18H15Cl2N3/c19-16-9-6-13(10-17(16)20)18-11-15(22-23-18)3-1-2-12-4-7-14(21)8-5-12/h1,3-11H,2,21H2,(H,22,23)/b3-1+. The van der Waals surface area contributed by atoms with E-state index in [0.29, 0.717) is 10.0 Å². The average molecular weight is 344 g/mol. The number of nitrogens with one attached hydrogen (secondary N) is 1. The third-order valence-corrected chi connectivity index (χ3v) is 4.18. The van der Waals surface area contributed by atoms with Gasteiger partial charge in [-0.3, -0.25) is 5.10 Å². The highest BCUT2D eigenvalue weighted by Gasteiger charge is 2.05. The number of hydrogen-bond donors (Lipinski definition) is 2. The van der Waals surface area contributed by atoms with Crippen LogP contribution in [0.2, 0.25) is 10.0 Å². The number of halogens is 2. The van der Waals surface area contributed by atoms with Gasteiger partial charge in [-0.25, -0.2) is 0 Å². The van der Waals surface area contributed by atoms with E-state index in [9.17, 15) is 0 Å². The summed E-state index contributed by atoms with van der Waals surface area (Å²) in [6.45, 7) is 0. The van der Waals surface area contributed by atoms with Gasteiger partial charge in [-0.15, -0.1) is 0 Å². The van der Waals surface area contributed by atoms with Gasteiger partial charge in [0.2, 0.25) is 0 Å². The molecule has 0 saturated carbocycles. The summed E-state index contributed by atoms with van der Waals surface area (Å²) in [5.74, 6) is 0. The van der Waals surface area contributed by atoms with Gasteiger partial charge in [0, 0.05) is 11.3 Å². The van der Waals surface area contributed by atoms with Crippen molar-refractivity contribution in [3.63, 3.8) is 0 Å². The minimum absolute atomic E-state index is 0.521. The first-order valence-electron chi connectivity index (χ1n) is 7.13. The number of H-pyrrole nitrogens is 1. The zero-order valence-electron chi connectivity index (χ0n) is 12.3. The van der Waals surface area contributed by atoms with E-state index in [-0.39, 0.29) is 0 Å². The minimum Gasteiger partial charge on any atom is -0.399 e. The van der Waals surface area contributed by atoms with E-state index in [2.05, 4.69) is 16.3 Å². The van der Waals surface area contributed by atoms with Crippen LogP contribution in [0.5, 0.6) is 0 Å². The van der Waals surface area contributed by atoms with Crippen molar-refractivity contribution in [2.45, 2.75) is 6.42 Å². The monoisotopic (exact) mass is 343 g/mol. The molecule has 1 aromatic heterocycles. The summed E-state index contributed by atoms with van der Waals surface area (Å²) in [6, 6.07) is 15.3. The highest BCUT2D eigenvalue weighted by Crippen LogP contribution is 2.27. The molecule has 0 saturated heterocycles. The maximum atomic E-state index is 6.04. The molecule has 5 heteroatoms. The molecule has 116 valence electrons. The molecule has 0 amide bonds. The minimum atomic E-state index is 0.521. The summed E-state index contributed by atoms with van der Waals surface area (Å²) in [7, 11) is 0. The Labute approximate surface area is 144 Å². The fraction of sp³-hybridized carbons (Fsp3) is 0.0556. The Morgan fingerprint density at radius 2 is 1.78 bits per heavy atom. The molecule has 1 heterocycles. The quantitative estimate of drug-likeness (QED) is 0.638. The predicted octanol–water partition coefficient (Wildman–Crippen LogP) is 5.22. The number of allylic oxidation sites excluding steroid dienone is 1. The Balaban J connectivity index is 1.70. The number of anilines is 1. The molecule has 0 bridgehead atoms. The van der Waals surface area contributed by atoms with Gasteiger partial charge in [0.1, 0.15) is 0 Å². The lowest BCUT2D eigenvalue weighted by Gasteiger charge is -1.98. The molecule has 0 spiro atoms. The Morgan fingerprint density at radius 1 is 1.00 bits per heavy atom. The van der Waals surface area contributed by atoms with Crippen molar-refractivity contribution in [2.24, 2.45) is 0 Å². The zero-order valence-corrected chi connectivity index (χ0v) is 13.8. The molecule has 0 fully saturated rings. The number of aromatic nitrogens is 2. The number of nitrogen functional groups attached to an aromatic ring is 1. The van der Waals surface area contributed by atoms with E-state index in [0.717, 1.165) is 29.1 Å². The van der Waals surface area contributed by atoms with Gasteiger partial charge >= 0.3 is 0 Å². The van der Waals surface area contributed by atoms with Gasteiger partial charge in [0.05, 0.1) is 21.4 Å². The first-order valence-corrected chi connectivity index (χ1v) is 7.89. The van der Waals surface area contributed by atoms with E-state index in [1.165, 1.54) is 5.56 Å². The molecule has 3 rings (SSSR count). The van der Waals surface area contributed by atoms with Crippen LogP contribution in [0, 0.1) is 0 Å². The van der Waals surface area contributed by atoms with Crippen LogP contribution in [0.25, 0.3) is 17.3 Å². The van der Waals surface area contributed by atoms with Crippen LogP contribution < -0.4 is 5.73 Å². The second-order valence-electron chi connectivity index (χ2n) is 5.19. The lowest BCUT2D eigenvalue weighted by atomic mass is 10.1. The number of aromatic amines is 1. The zero-order chi connectivity index (χ0) is 16.2. The topological polar surface area (TPSA) is 54.7 Å². The number of benzene rings is 2. The number of nitrogens with zero attached hydrogens (tertiary/aromatic N) is 1. The van der Waals surface area contributed by atoms with Gasteiger partial charge < -0.3 is 5.73 Å².